The van der Waals surface area contributed by atoms with Gasteiger partial charge in [0.25, 0.3) is 0 Å². The monoisotopic (exact) mass is 392 g/mol. The van der Waals surface area contributed by atoms with Gasteiger partial charge in [0, 0.05) is 12.7 Å². The van der Waals surface area contributed by atoms with E-state index in [1.165, 1.54) is 17.8 Å². The Labute approximate surface area is 159 Å². The molecular formula is C19H16ClF3N4. The third-order valence-corrected chi connectivity index (χ3v) is 4.09. The lowest BCUT2D eigenvalue weighted by atomic mass is 10.1. The fourth-order valence-electron chi connectivity index (χ4n) is 2.41. The second-order valence-corrected chi connectivity index (χ2v) is 6.15. The van der Waals surface area contributed by atoms with E-state index in [1.54, 1.807) is 6.07 Å². The summed E-state index contributed by atoms with van der Waals surface area (Å²) in [4.78, 5) is 8.29. The molecule has 0 spiro atoms. The van der Waals surface area contributed by atoms with Crippen LogP contribution < -0.4 is 10.6 Å². The largest absolute Gasteiger partial charge is 0.416 e. The first-order chi connectivity index (χ1) is 12.9. The van der Waals surface area contributed by atoms with Crippen molar-refractivity contribution in [1.82, 2.24) is 9.97 Å². The quantitative estimate of drug-likeness (QED) is 0.577. The summed E-state index contributed by atoms with van der Waals surface area (Å²) in [6.07, 6.45) is -2.13. The Bertz CT molecular complexity index is 901. The van der Waals surface area contributed by atoms with Crippen LogP contribution in [0.3, 0.4) is 0 Å². The van der Waals surface area contributed by atoms with Crippen molar-refractivity contribution in [3.8, 4) is 0 Å². The molecule has 0 aliphatic rings. The fraction of sp³-hybridized carbons (Fsp3) is 0.158. The van der Waals surface area contributed by atoms with Gasteiger partial charge in [-0.15, -0.1) is 0 Å². The first-order valence-corrected chi connectivity index (χ1v) is 8.54. The number of benzene rings is 2. The van der Waals surface area contributed by atoms with Crippen LogP contribution in [0.5, 0.6) is 0 Å². The number of hydrogen-bond donors (Lipinski definition) is 2. The summed E-state index contributed by atoms with van der Waals surface area (Å²) in [5.74, 6) is 0.715. The number of alkyl halides is 3. The van der Waals surface area contributed by atoms with Gasteiger partial charge in [0.2, 0.25) is 5.95 Å². The molecule has 0 radical (unpaired) electrons. The van der Waals surface area contributed by atoms with E-state index in [2.05, 4.69) is 20.6 Å². The van der Waals surface area contributed by atoms with E-state index in [1.807, 2.05) is 30.3 Å². The van der Waals surface area contributed by atoms with Crippen molar-refractivity contribution in [2.75, 3.05) is 17.2 Å². The normalized spacial score (nSPS) is 11.3. The van der Waals surface area contributed by atoms with Crippen molar-refractivity contribution in [2.24, 2.45) is 0 Å². The topological polar surface area (TPSA) is 49.8 Å². The van der Waals surface area contributed by atoms with Gasteiger partial charge in [0.1, 0.15) is 5.82 Å². The van der Waals surface area contributed by atoms with Crippen LogP contribution >= 0.6 is 11.6 Å². The highest BCUT2D eigenvalue weighted by atomic mass is 35.5. The van der Waals surface area contributed by atoms with Crippen LogP contribution in [-0.4, -0.2) is 16.5 Å². The maximum Gasteiger partial charge on any atom is 0.416 e. The van der Waals surface area contributed by atoms with E-state index in [9.17, 15) is 13.2 Å². The Hall–Kier alpha value is -2.80. The SMILES string of the molecule is FC(F)(F)c1ccc(Cl)c(Nc2nccc(NCCc3ccccc3)n2)c1. The minimum Gasteiger partial charge on any atom is -0.370 e. The Morgan fingerprint density at radius 2 is 1.78 bits per heavy atom. The lowest BCUT2D eigenvalue weighted by Crippen LogP contribution is -2.08. The zero-order valence-corrected chi connectivity index (χ0v) is 14.8. The number of aromatic nitrogens is 2. The summed E-state index contributed by atoms with van der Waals surface area (Å²) in [5.41, 5.74) is 0.479. The highest BCUT2D eigenvalue weighted by molar-refractivity contribution is 6.33. The number of nitrogens with zero attached hydrogens (tertiary/aromatic N) is 2. The summed E-state index contributed by atoms with van der Waals surface area (Å²) in [7, 11) is 0. The molecule has 8 heteroatoms. The van der Waals surface area contributed by atoms with Crippen LogP contribution in [0.1, 0.15) is 11.1 Å². The van der Waals surface area contributed by atoms with E-state index in [0.717, 1.165) is 18.6 Å². The highest BCUT2D eigenvalue weighted by Crippen LogP contribution is 2.34. The molecule has 3 aromatic rings. The maximum atomic E-state index is 12.9. The van der Waals surface area contributed by atoms with Crippen LogP contribution in [0.2, 0.25) is 5.02 Å². The van der Waals surface area contributed by atoms with Crippen molar-refractivity contribution < 1.29 is 13.2 Å². The molecule has 1 aromatic heterocycles. The molecule has 0 amide bonds. The predicted molar refractivity (Wildman–Crippen MR) is 100 cm³/mol. The van der Waals surface area contributed by atoms with Crippen molar-refractivity contribution in [2.45, 2.75) is 12.6 Å². The van der Waals surface area contributed by atoms with Crippen LogP contribution in [0.4, 0.5) is 30.6 Å². The van der Waals surface area contributed by atoms with Crippen LogP contribution in [-0.2, 0) is 12.6 Å². The molecule has 0 unspecified atom stereocenters. The van der Waals surface area contributed by atoms with Gasteiger partial charge in [-0.05, 0) is 36.2 Å². The lowest BCUT2D eigenvalue weighted by Gasteiger charge is -2.12. The third kappa shape index (κ3) is 5.34. The zero-order chi connectivity index (χ0) is 19.3. The summed E-state index contributed by atoms with van der Waals surface area (Å²) in [6, 6.07) is 14.7. The fourth-order valence-corrected chi connectivity index (χ4v) is 2.58. The molecule has 0 aliphatic carbocycles. The molecule has 0 saturated carbocycles. The molecule has 2 N–H and O–H groups in total. The van der Waals surface area contributed by atoms with Crippen molar-refractivity contribution >= 4 is 29.1 Å². The molecular weight excluding hydrogens is 377 g/mol. The molecule has 140 valence electrons. The first kappa shape index (κ1) is 19.0. The Morgan fingerprint density at radius 3 is 2.52 bits per heavy atom. The average molecular weight is 393 g/mol. The summed E-state index contributed by atoms with van der Waals surface area (Å²) in [5, 5.41) is 6.05. The predicted octanol–water partition coefficient (Wildman–Crippen LogP) is 5.55. The second-order valence-electron chi connectivity index (χ2n) is 5.75. The minimum absolute atomic E-state index is 0.0907. The van der Waals surface area contributed by atoms with Gasteiger partial charge in [-0.3, -0.25) is 0 Å². The van der Waals surface area contributed by atoms with Gasteiger partial charge < -0.3 is 10.6 Å². The lowest BCUT2D eigenvalue weighted by molar-refractivity contribution is -0.137. The molecule has 3 rings (SSSR count). The van der Waals surface area contributed by atoms with Gasteiger partial charge >= 0.3 is 6.18 Å². The second kappa shape index (κ2) is 8.26. The molecule has 0 fully saturated rings. The van der Waals surface area contributed by atoms with Crippen molar-refractivity contribution in [3.63, 3.8) is 0 Å². The molecule has 0 atom stereocenters. The molecule has 0 aliphatic heterocycles. The molecule has 0 bridgehead atoms. The molecule has 2 aromatic carbocycles. The zero-order valence-electron chi connectivity index (χ0n) is 14.1. The van der Waals surface area contributed by atoms with Crippen LogP contribution in [0.15, 0.2) is 60.8 Å². The van der Waals surface area contributed by atoms with Crippen LogP contribution in [0.25, 0.3) is 0 Å². The van der Waals surface area contributed by atoms with Gasteiger partial charge in [-0.25, -0.2) is 4.98 Å². The number of rotatable bonds is 6. The Morgan fingerprint density at radius 1 is 1.00 bits per heavy atom. The Balaban J connectivity index is 1.67. The summed E-state index contributed by atoms with van der Waals surface area (Å²) in [6.45, 7) is 0.658. The first-order valence-electron chi connectivity index (χ1n) is 8.16. The van der Waals surface area contributed by atoms with Gasteiger partial charge in [0.15, 0.2) is 0 Å². The Kier molecular flexibility index (Phi) is 5.81. The average Bonchev–Trinajstić information content (AvgIpc) is 2.64. The number of nitrogens with one attached hydrogen (secondary N) is 2. The van der Waals surface area contributed by atoms with Gasteiger partial charge in [-0.2, -0.15) is 18.2 Å². The number of anilines is 3. The highest BCUT2D eigenvalue weighted by Gasteiger charge is 2.31. The minimum atomic E-state index is -4.46. The molecule has 4 nitrogen and oxygen atoms in total. The summed E-state index contributed by atoms with van der Waals surface area (Å²) < 4.78 is 38.6. The van der Waals surface area contributed by atoms with Gasteiger partial charge in [0.05, 0.1) is 16.3 Å². The van der Waals surface area contributed by atoms with Crippen molar-refractivity contribution in [1.29, 1.82) is 0 Å². The number of halogens is 4. The smallest absolute Gasteiger partial charge is 0.370 e. The van der Waals surface area contributed by atoms with E-state index < -0.39 is 11.7 Å². The standard InChI is InChI=1S/C19H16ClF3N4/c20-15-7-6-14(19(21,22)23)12-16(15)26-18-25-11-9-17(27-18)24-10-8-13-4-2-1-3-5-13/h1-7,9,11-12H,8,10H2,(H2,24,25,26,27). The molecule has 0 saturated heterocycles. The van der Waals surface area contributed by atoms with E-state index in [-0.39, 0.29) is 16.7 Å². The van der Waals surface area contributed by atoms with Gasteiger partial charge in [-0.1, -0.05) is 41.9 Å². The third-order valence-electron chi connectivity index (χ3n) is 3.76. The molecule has 1 heterocycles. The molecule has 27 heavy (non-hydrogen) atoms. The van der Waals surface area contributed by atoms with E-state index in [0.29, 0.717) is 12.4 Å². The summed E-state index contributed by atoms with van der Waals surface area (Å²) >= 11 is 5.99. The van der Waals surface area contributed by atoms with Crippen LogP contribution in [0, 0.1) is 0 Å². The van der Waals surface area contributed by atoms with Crippen molar-refractivity contribution in [3.05, 3.63) is 76.9 Å². The number of hydrogen-bond acceptors (Lipinski definition) is 4. The van der Waals surface area contributed by atoms with E-state index in [4.69, 9.17) is 11.6 Å². The maximum absolute atomic E-state index is 12.9. The van der Waals surface area contributed by atoms with E-state index >= 15 is 0 Å².